The number of carboxylic acids is 1. The van der Waals surface area contributed by atoms with Crippen LogP contribution in [0, 0.1) is 0 Å². The van der Waals surface area contributed by atoms with Gasteiger partial charge in [0.2, 0.25) is 5.91 Å². The molecule has 0 unspecified atom stereocenters. The highest BCUT2D eigenvalue weighted by molar-refractivity contribution is 6.39. The van der Waals surface area contributed by atoms with Gasteiger partial charge in [0.1, 0.15) is 5.54 Å². The number of carbonyl (C=O) groups is 2. The van der Waals surface area contributed by atoms with Crippen molar-refractivity contribution in [3.8, 4) is 0 Å². The first-order chi connectivity index (χ1) is 9.16. The third-order valence-corrected chi connectivity index (χ3v) is 3.72. The molecule has 0 saturated heterocycles. The normalized spacial score (nSPS) is 11.5. The summed E-state index contributed by atoms with van der Waals surface area (Å²) in [5.74, 6) is -1.40. The van der Waals surface area contributed by atoms with Crippen LogP contribution in [0.4, 0.5) is 5.69 Å². The summed E-state index contributed by atoms with van der Waals surface area (Å²) in [6.45, 7) is 2.94. The van der Waals surface area contributed by atoms with Crippen molar-refractivity contribution in [2.45, 2.75) is 19.4 Å². The molecule has 1 amide bonds. The minimum Gasteiger partial charge on any atom is -0.480 e. The maximum absolute atomic E-state index is 11.9. The number of nitrogens with zero attached hydrogens (tertiary/aromatic N) is 1. The van der Waals surface area contributed by atoms with E-state index in [4.69, 9.17) is 28.3 Å². The standard InChI is InChI=1S/C13H16Cl2N2O3/c1-13(2,12(19)20)17(3)7-10(18)16-11-8(14)5-4-6-9(11)15/h4-6H,7H2,1-3H3,(H,16,18)(H,19,20). The number of carbonyl (C=O) groups excluding carboxylic acids is 1. The molecule has 0 atom stereocenters. The number of aliphatic carboxylic acids is 1. The van der Waals surface area contributed by atoms with Crippen LogP contribution >= 0.6 is 23.2 Å². The molecule has 0 fully saturated rings. The summed E-state index contributed by atoms with van der Waals surface area (Å²) in [7, 11) is 1.56. The molecule has 20 heavy (non-hydrogen) atoms. The highest BCUT2D eigenvalue weighted by Crippen LogP contribution is 2.29. The fraction of sp³-hybridized carbons (Fsp3) is 0.385. The van der Waals surface area contributed by atoms with E-state index in [1.807, 2.05) is 0 Å². The fourth-order valence-corrected chi connectivity index (χ4v) is 1.86. The Morgan fingerprint density at radius 1 is 1.30 bits per heavy atom. The average Bonchev–Trinajstić information content (AvgIpc) is 2.33. The summed E-state index contributed by atoms with van der Waals surface area (Å²) in [5, 5.41) is 12.3. The largest absolute Gasteiger partial charge is 0.480 e. The summed E-state index contributed by atoms with van der Waals surface area (Å²) in [6.07, 6.45) is 0. The monoisotopic (exact) mass is 318 g/mol. The molecule has 1 rings (SSSR count). The number of anilines is 1. The van der Waals surface area contributed by atoms with Gasteiger partial charge in [-0.2, -0.15) is 0 Å². The SMILES string of the molecule is CN(CC(=O)Nc1c(Cl)cccc1Cl)C(C)(C)C(=O)O. The second-order valence-electron chi connectivity index (χ2n) is 4.87. The van der Waals surface area contributed by atoms with Gasteiger partial charge >= 0.3 is 5.97 Å². The number of para-hydroxylation sites is 1. The van der Waals surface area contributed by atoms with Gasteiger partial charge in [0.05, 0.1) is 22.3 Å². The molecule has 0 aliphatic rings. The lowest BCUT2D eigenvalue weighted by Crippen LogP contribution is -2.50. The van der Waals surface area contributed by atoms with Gasteiger partial charge in [-0.05, 0) is 33.0 Å². The van der Waals surface area contributed by atoms with Gasteiger partial charge in [0.15, 0.2) is 0 Å². The number of nitrogens with one attached hydrogen (secondary N) is 1. The van der Waals surface area contributed by atoms with Crippen LogP contribution in [0.25, 0.3) is 0 Å². The second-order valence-corrected chi connectivity index (χ2v) is 5.68. The summed E-state index contributed by atoms with van der Waals surface area (Å²) < 4.78 is 0. The van der Waals surface area contributed by atoms with Crippen LogP contribution in [-0.4, -0.2) is 41.0 Å². The summed E-state index contributed by atoms with van der Waals surface area (Å²) in [5.41, 5.74) is -0.830. The van der Waals surface area contributed by atoms with Crippen LogP contribution in [0.15, 0.2) is 18.2 Å². The lowest BCUT2D eigenvalue weighted by Gasteiger charge is -2.30. The smallest absolute Gasteiger partial charge is 0.323 e. The summed E-state index contributed by atoms with van der Waals surface area (Å²) in [6, 6.07) is 4.88. The van der Waals surface area contributed by atoms with Crippen LogP contribution in [0.1, 0.15) is 13.8 Å². The van der Waals surface area contributed by atoms with Crippen molar-refractivity contribution in [3.63, 3.8) is 0 Å². The van der Waals surface area contributed by atoms with Crippen LogP contribution in [0.2, 0.25) is 10.0 Å². The minimum atomic E-state index is -1.15. The number of hydrogen-bond donors (Lipinski definition) is 2. The van der Waals surface area contributed by atoms with Crippen molar-refractivity contribution in [2.75, 3.05) is 18.9 Å². The van der Waals surface area contributed by atoms with E-state index in [2.05, 4.69) is 5.32 Å². The highest BCUT2D eigenvalue weighted by Gasteiger charge is 2.33. The van der Waals surface area contributed by atoms with Gasteiger partial charge in [-0.15, -0.1) is 0 Å². The molecule has 0 aliphatic heterocycles. The number of carboxylic acid groups (broad SMARTS) is 1. The second kappa shape index (κ2) is 6.43. The van der Waals surface area contributed by atoms with Crippen LogP contribution in [0.5, 0.6) is 0 Å². The predicted octanol–water partition coefficient (Wildman–Crippen LogP) is 2.73. The van der Waals surface area contributed by atoms with Crippen molar-refractivity contribution in [1.82, 2.24) is 4.90 Å². The van der Waals surface area contributed by atoms with Crippen LogP contribution in [-0.2, 0) is 9.59 Å². The molecule has 0 spiro atoms. The number of hydrogen-bond acceptors (Lipinski definition) is 3. The third-order valence-electron chi connectivity index (χ3n) is 3.09. The first-order valence-electron chi connectivity index (χ1n) is 5.84. The molecule has 0 radical (unpaired) electrons. The number of amides is 1. The van der Waals surface area contributed by atoms with Crippen LogP contribution < -0.4 is 5.32 Å². The quantitative estimate of drug-likeness (QED) is 0.875. The van der Waals surface area contributed by atoms with E-state index in [-0.39, 0.29) is 6.54 Å². The van der Waals surface area contributed by atoms with Gasteiger partial charge < -0.3 is 10.4 Å². The molecule has 0 aliphatic carbocycles. The molecule has 2 N–H and O–H groups in total. The topological polar surface area (TPSA) is 69.6 Å². The molecular weight excluding hydrogens is 303 g/mol. The molecule has 1 aromatic carbocycles. The van der Waals surface area contributed by atoms with Crippen molar-refractivity contribution >= 4 is 40.8 Å². The predicted molar refractivity (Wildman–Crippen MR) is 79.4 cm³/mol. The highest BCUT2D eigenvalue weighted by atomic mass is 35.5. The first-order valence-corrected chi connectivity index (χ1v) is 6.60. The Balaban J connectivity index is 2.76. The zero-order chi connectivity index (χ0) is 15.5. The van der Waals surface area contributed by atoms with Crippen molar-refractivity contribution in [1.29, 1.82) is 0 Å². The van der Waals surface area contributed by atoms with Gasteiger partial charge in [-0.1, -0.05) is 29.3 Å². The molecule has 0 aromatic heterocycles. The zero-order valence-corrected chi connectivity index (χ0v) is 12.9. The van der Waals surface area contributed by atoms with E-state index in [1.165, 1.54) is 18.7 Å². The molecule has 0 saturated carbocycles. The first kappa shape index (κ1) is 16.8. The van der Waals surface area contributed by atoms with Crippen molar-refractivity contribution in [3.05, 3.63) is 28.2 Å². The van der Waals surface area contributed by atoms with Crippen LogP contribution in [0.3, 0.4) is 0 Å². The summed E-state index contributed by atoms with van der Waals surface area (Å²) >= 11 is 11.9. The van der Waals surface area contributed by atoms with E-state index >= 15 is 0 Å². The van der Waals surface area contributed by atoms with Gasteiger partial charge in [-0.3, -0.25) is 14.5 Å². The molecule has 110 valence electrons. The fourth-order valence-electron chi connectivity index (χ4n) is 1.37. The Hall–Kier alpha value is -1.30. The third kappa shape index (κ3) is 3.85. The van der Waals surface area contributed by atoms with Gasteiger partial charge in [-0.25, -0.2) is 0 Å². The van der Waals surface area contributed by atoms with E-state index in [0.717, 1.165) is 0 Å². The van der Waals surface area contributed by atoms with Gasteiger partial charge in [0.25, 0.3) is 0 Å². The maximum Gasteiger partial charge on any atom is 0.323 e. The van der Waals surface area contributed by atoms with Crippen molar-refractivity contribution < 1.29 is 14.7 Å². The molecule has 5 nitrogen and oxygen atoms in total. The zero-order valence-electron chi connectivity index (χ0n) is 11.4. The van der Waals surface area contributed by atoms with E-state index in [9.17, 15) is 9.59 Å². The molecule has 0 heterocycles. The number of halogens is 2. The lowest BCUT2D eigenvalue weighted by atomic mass is 10.0. The van der Waals surface area contributed by atoms with E-state index < -0.39 is 17.4 Å². The number of likely N-dealkylation sites (N-methyl/N-ethyl adjacent to an activating group) is 1. The molecule has 0 bridgehead atoms. The van der Waals surface area contributed by atoms with E-state index in [1.54, 1.807) is 25.2 Å². The average molecular weight is 319 g/mol. The number of rotatable bonds is 5. The number of benzene rings is 1. The van der Waals surface area contributed by atoms with E-state index in [0.29, 0.717) is 15.7 Å². The Bertz CT molecular complexity index is 512. The Morgan fingerprint density at radius 2 is 1.80 bits per heavy atom. The Morgan fingerprint density at radius 3 is 2.25 bits per heavy atom. The maximum atomic E-state index is 11.9. The lowest BCUT2D eigenvalue weighted by molar-refractivity contribution is -0.148. The molecule has 7 heteroatoms. The molecular formula is C13H16Cl2N2O3. The summed E-state index contributed by atoms with van der Waals surface area (Å²) in [4.78, 5) is 24.5. The van der Waals surface area contributed by atoms with Crippen molar-refractivity contribution in [2.24, 2.45) is 0 Å². The molecule has 1 aromatic rings. The minimum absolute atomic E-state index is 0.0964. The van der Waals surface area contributed by atoms with Gasteiger partial charge in [0, 0.05) is 0 Å². The Labute approximate surface area is 127 Å². The Kier molecular flexibility index (Phi) is 5.39.